The predicted octanol–water partition coefficient (Wildman–Crippen LogP) is 4.25. The second-order valence-corrected chi connectivity index (χ2v) is 7.90. The molecule has 2 N–H and O–H groups in total. The third-order valence-corrected chi connectivity index (χ3v) is 6.13. The van der Waals surface area contributed by atoms with Crippen molar-refractivity contribution >= 4 is 22.6 Å². The summed E-state index contributed by atoms with van der Waals surface area (Å²) in [5.41, 5.74) is 6.77. The number of H-pyrrole nitrogens is 1. The van der Waals surface area contributed by atoms with E-state index in [1.807, 2.05) is 0 Å². The van der Waals surface area contributed by atoms with Crippen molar-refractivity contribution in [3.8, 4) is 11.3 Å². The monoisotopic (exact) mass is 407 g/mol. The summed E-state index contributed by atoms with van der Waals surface area (Å²) < 4.78 is 1.11. The largest absolute Gasteiger partial charge is 0.310 e. The number of aromatic nitrogens is 2. The van der Waals surface area contributed by atoms with Crippen LogP contribution in [0.1, 0.15) is 49.3 Å². The van der Waals surface area contributed by atoms with E-state index in [1.165, 1.54) is 53.6 Å². The van der Waals surface area contributed by atoms with Crippen molar-refractivity contribution in [1.82, 2.24) is 15.5 Å². The van der Waals surface area contributed by atoms with Gasteiger partial charge in [0.1, 0.15) is 3.70 Å². The molecule has 0 atom stereocenters. The lowest BCUT2D eigenvalue weighted by atomic mass is 9.87. The maximum atomic E-state index is 4.31. The zero-order valence-electron chi connectivity index (χ0n) is 13.0. The fourth-order valence-electron chi connectivity index (χ4n) is 3.79. The van der Waals surface area contributed by atoms with Crippen molar-refractivity contribution < 1.29 is 0 Å². The lowest BCUT2D eigenvalue weighted by Crippen LogP contribution is -2.32. The minimum absolute atomic E-state index is 0.710. The fourth-order valence-corrected chi connectivity index (χ4v) is 4.37. The number of hydrogen-bond donors (Lipinski definition) is 2. The molecule has 1 saturated carbocycles. The highest BCUT2D eigenvalue weighted by molar-refractivity contribution is 14.1. The van der Waals surface area contributed by atoms with Gasteiger partial charge in [-0.05, 0) is 65.3 Å². The van der Waals surface area contributed by atoms with Crippen LogP contribution < -0.4 is 5.32 Å². The number of nitrogens with zero attached hydrogens (tertiary/aromatic N) is 1. The minimum Gasteiger partial charge on any atom is -0.310 e. The highest BCUT2D eigenvalue weighted by Crippen LogP contribution is 2.37. The summed E-state index contributed by atoms with van der Waals surface area (Å²) in [5.74, 6) is 0.920. The Hall–Kier alpha value is -0.880. The molecular formula is C18H22IN3. The lowest BCUT2D eigenvalue weighted by Gasteiger charge is -2.27. The molecule has 1 aromatic heterocycles. The lowest BCUT2D eigenvalue weighted by molar-refractivity contribution is 0.306. The quantitative estimate of drug-likeness (QED) is 0.638. The van der Waals surface area contributed by atoms with Gasteiger partial charge in [-0.2, -0.15) is 5.10 Å². The van der Waals surface area contributed by atoms with E-state index in [2.05, 4.69) is 63.2 Å². The molecule has 2 aliphatic carbocycles. The minimum atomic E-state index is 0.710. The number of hydrogen-bond acceptors (Lipinski definition) is 2. The third-order valence-electron chi connectivity index (χ3n) is 5.23. The summed E-state index contributed by atoms with van der Waals surface area (Å²) in [5, 5.41) is 11.2. The molecule has 0 radical (unpaired) electrons. The van der Waals surface area contributed by atoms with Gasteiger partial charge in [-0.3, -0.25) is 5.10 Å². The van der Waals surface area contributed by atoms with E-state index < -0.39 is 0 Å². The van der Waals surface area contributed by atoms with Crippen LogP contribution in [0.25, 0.3) is 11.3 Å². The highest BCUT2D eigenvalue weighted by atomic mass is 127. The Kier molecular flexibility index (Phi) is 3.98. The fraction of sp³-hybridized carbons (Fsp3) is 0.500. The SMILES string of the molecule is C[C@H]1CC[C@@H](NCc2ccc3c(c2)Cc2c(I)n[nH]c2-3)CC1. The van der Waals surface area contributed by atoms with Crippen LogP contribution in [-0.4, -0.2) is 16.2 Å². The zero-order valence-corrected chi connectivity index (χ0v) is 15.1. The Labute approximate surface area is 145 Å². The van der Waals surface area contributed by atoms with E-state index in [1.54, 1.807) is 0 Å². The number of aromatic amines is 1. The smallest absolute Gasteiger partial charge is 0.127 e. The molecule has 0 saturated heterocycles. The first-order valence-corrected chi connectivity index (χ1v) is 9.37. The van der Waals surface area contributed by atoms with Gasteiger partial charge < -0.3 is 5.32 Å². The van der Waals surface area contributed by atoms with E-state index in [-0.39, 0.29) is 0 Å². The molecule has 116 valence electrons. The molecule has 0 aliphatic heterocycles. The molecule has 0 unspecified atom stereocenters. The van der Waals surface area contributed by atoms with E-state index in [0.29, 0.717) is 6.04 Å². The Bertz CT molecular complexity index is 684. The van der Waals surface area contributed by atoms with Gasteiger partial charge in [0.15, 0.2) is 0 Å². The summed E-state index contributed by atoms with van der Waals surface area (Å²) in [4.78, 5) is 0. The Morgan fingerprint density at radius 2 is 2.09 bits per heavy atom. The Morgan fingerprint density at radius 1 is 1.27 bits per heavy atom. The van der Waals surface area contributed by atoms with Crippen molar-refractivity contribution in [2.75, 3.05) is 0 Å². The molecule has 0 bridgehead atoms. The highest BCUT2D eigenvalue weighted by Gasteiger charge is 2.23. The van der Waals surface area contributed by atoms with Gasteiger partial charge in [0.05, 0.1) is 5.69 Å². The van der Waals surface area contributed by atoms with Crippen LogP contribution in [0.4, 0.5) is 0 Å². The summed E-state index contributed by atoms with van der Waals surface area (Å²) in [6, 6.07) is 7.61. The van der Waals surface area contributed by atoms with Crippen molar-refractivity contribution in [3.05, 3.63) is 38.6 Å². The zero-order chi connectivity index (χ0) is 15.1. The van der Waals surface area contributed by atoms with Gasteiger partial charge in [0.2, 0.25) is 0 Å². The molecule has 3 nitrogen and oxygen atoms in total. The van der Waals surface area contributed by atoms with E-state index in [4.69, 9.17) is 0 Å². The average molecular weight is 407 g/mol. The molecule has 1 heterocycles. The number of rotatable bonds is 3. The summed E-state index contributed by atoms with van der Waals surface area (Å²) in [6.45, 7) is 3.37. The third kappa shape index (κ3) is 2.71. The van der Waals surface area contributed by atoms with Crippen LogP contribution in [0, 0.1) is 9.62 Å². The van der Waals surface area contributed by atoms with E-state index >= 15 is 0 Å². The van der Waals surface area contributed by atoms with Crippen LogP contribution in [0.3, 0.4) is 0 Å². The van der Waals surface area contributed by atoms with Gasteiger partial charge in [0, 0.05) is 30.1 Å². The summed E-state index contributed by atoms with van der Waals surface area (Å²) in [7, 11) is 0. The first-order chi connectivity index (χ1) is 10.7. The van der Waals surface area contributed by atoms with Crippen molar-refractivity contribution in [2.45, 2.75) is 51.6 Å². The molecule has 0 spiro atoms. The molecule has 0 amide bonds. The van der Waals surface area contributed by atoms with E-state index in [0.717, 1.165) is 22.6 Å². The van der Waals surface area contributed by atoms with Crippen molar-refractivity contribution in [2.24, 2.45) is 5.92 Å². The van der Waals surface area contributed by atoms with Crippen LogP contribution in [0.5, 0.6) is 0 Å². The van der Waals surface area contributed by atoms with Crippen molar-refractivity contribution in [1.29, 1.82) is 0 Å². The number of fused-ring (bicyclic) bond motifs is 3. The predicted molar refractivity (Wildman–Crippen MR) is 97.8 cm³/mol. The molecule has 2 aliphatic rings. The number of halogens is 1. The molecule has 1 fully saturated rings. The van der Waals surface area contributed by atoms with Gasteiger partial charge in [-0.1, -0.05) is 25.1 Å². The van der Waals surface area contributed by atoms with Crippen LogP contribution in [0.15, 0.2) is 18.2 Å². The van der Waals surface area contributed by atoms with Gasteiger partial charge in [-0.25, -0.2) is 0 Å². The van der Waals surface area contributed by atoms with Gasteiger partial charge in [0.25, 0.3) is 0 Å². The first-order valence-electron chi connectivity index (χ1n) is 8.29. The van der Waals surface area contributed by atoms with Crippen molar-refractivity contribution in [3.63, 3.8) is 0 Å². The Balaban J connectivity index is 1.43. The maximum absolute atomic E-state index is 4.31. The van der Waals surface area contributed by atoms with Gasteiger partial charge in [-0.15, -0.1) is 0 Å². The molecule has 1 aromatic carbocycles. The molecule has 2 aromatic rings. The van der Waals surface area contributed by atoms with Gasteiger partial charge >= 0.3 is 0 Å². The number of nitrogens with one attached hydrogen (secondary N) is 2. The standard InChI is InChI=1S/C18H22IN3/c1-11-2-5-14(6-3-11)20-10-12-4-7-15-13(8-12)9-16-17(15)21-22-18(16)19/h4,7-8,11,14,20H,2-3,5-6,9-10H2,1H3,(H,21,22)/t11-,14+. The number of benzene rings is 1. The summed E-state index contributed by atoms with van der Waals surface area (Å²) in [6.07, 6.45) is 6.44. The first kappa shape index (κ1) is 14.7. The average Bonchev–Trinajstić information content (AvgIpc) is 3.06. The second kappa shape index (κ2) is 5.96. The topological polar surface area (TPSA) is 40.7 Å². The molecule has 4 rings (SSSR count). The van der Waals surface area contributed by atoms with Crippen LogP contribution in [0.2, 0.25) is 0 Å². The molecule has 22 heavy (non-hydrogen) atoms. The van der Waals surface area contributed by atoms with Crippen LogP contribution in [-0.2, 0) is 13.0 Å². The second-order valence-electron chi connectivity index (χ2n) is 6.87. The van der Waals surface area contributed by atoms with Crippen LogP contribution >= 0.6 is 22.6 Å². The molecular weight excluding hydrogens is 385 g/mol. The summed E-state index contributed by atoms with van der Waals surface area (Å²) >= 11 is 2.32. The Morgan fingerprint density at radius 3 is 2.91 bits per heavy atom. The normalized spacial score (nSPS) is 23.4. The van der Waals surface area contributed by atoms with E-state index in [9.17, 15) is 0 Å². The molecule has 4 heteroatoms. The maximum Gasteiger partial charge on any atom is 0.127 e.